The van der Waals surface area contributed by atoms with E-state index in [9.17, 15) is 9.59 Å². The molecule has 0 saturated carbocycles. The van der Waals surface area contributed by atoms with Gasteiger partial charge in [0.25, 0.3) is 0 Å². The topological polar surface area (TPSA) is 61.9 Å². The van der Waals surface area contributed by atoms with E-state index in [0.29, 0.717) is 19.7 Å². The zero-order valence-corrected chi connectivity index (χ0v) is 20.2. The molecular weight excluding hydrogens is 422 g/mol. The van der Waals surface area contributed by atoms with E-state index in [1.807, 2.05) is 56.9 Å². The second-order valence-electron chi connectivity index (χ2n) is 9.13. The summed E-state index contributed by atoms with van der Waals surface area (Å²) in [4.78, 5) is 30.7. The number of carbonyl (C=O) groups excluding carboxylic acids is 2. The van der Waals surface area contributed by atoms with Crippen molar-refractivity contribution in [3.05, 3.63) is 64.4 Å². The highest BCUT2D eigenvalue weighted by Gasteiger charge is 2.33. The van der Waals surface area contributed by atoms with Crippen molar-refractivity contribution in [3.63, 3.8) is 0 Å². The van der Waals surface area contributed by atoms with Gasteiger partial charge in [0.05, 0.1) is 6.04 Å². The first-order valence-corrected chi connectivity index (χ1v) is 11.8. The number of amides is 3. The Hall–Kier alpha value is -2.80. The number of nitrogens with one attached hydrogen (secondary N) is 1. The second kappa shape index (κ2) is 10.2. The van der Waals surface area contributed by atoms with Crippen molar-refractivity contribution in [2.24, 2.45) is 0 Å². The number of fused-ring (bicyclic) bond motifs is 1. The summed E-state index contributed by atoms with van der Waals surface area (Å²) < 4.78 is 6.07. The molecule has 3 amide bonds. The van der Waals surface area contributed by atoms with Crippen molar-refractivity contribution in [1.29, 1.82) is 0 Å². The molecule has 2 aromatic rings. The molecule has 1 aromatic heterocycles. The zero-order valence-electron chi connectivity index (χ0n) is 19.4. The lowest BCUT2D eigenvalue weighted by molar-refractivity contribution is -0.135. The van der Waals surface area contributed by atoms with E-state index in [2.05, 4.69) is 23.3 Å². The summed E-state index contributed by atoms with van der Waals surface area (Å²) in [6.45, 7) is 12.8. The first kappa shape index (κ1) is 23.9. The van der Waals surface area contributed by atoms with E-state index >= 15 is 0 Å². The smallest absolute Gasteiger partial charge is 0.318 e. The Balaban J connectivity index is 1.75. The Morgan fingerprint density at radius 1 is 1.28 bits per heavy atom. The van der Waals surface area contributed by atoms with Crippen LogP contribution in [0.5, 0.6) is 5.75 Å². The molecule has 0 unspecified atom stereocenters. The summed E-state index contributed by atoms with van der Waals surface area (Å²) in [6.07, 6.45) is 2.45. The average Bonchev–Trinajstić information content (AvgIpc) is 3.20. The van der Waals surface area contributed by atoms with Crippen LogP contribution in [0.3, 0.4) is 0 Å². The maximum atomic E-state index is 13.4. The molecule has 3 rings (SSSR count). The molecule has 0 spiro atoms. The van der Waals surface area contributed by atoms with Crippen LogP contribution >= 0.6 is 11.3 Å². The number of thiophene rings is 1. The van der Waals surface area contributed by atoms with E-state index < -0.39 is 0 Å². The molecule has 0 saturated heterocycles. The quantitative estimate of drug-likeness (QED) is 0.623. The predicted molar refractivity (Wildman–Crippen MR) is 129 cm³/mol. The molecule has 1 atom stereocenters. The molecule has 1 aliphatic heterocycles. The van der Waals surface area contributed by atoms with Gasteiger partial charge in [-0.2, -0.15) is 0 Å². The Labute approximate surface area is 194 Å². The van der Waals surface area contributed by atoms with Gasteiger partial charge >= 0.3 is 6.03 Å². The molecule has 0 aliphatic carbocycles. The third kappa shape index (κ3) is 6.13. The van der Waals surface area contributed by atoms with Gasteiger partial charge in [-0.25, -0.2) is 4.79 Å². The Bertz CT molecular complexity index is 946. The molecule has 32 heavy (non-hydrogen) atoms. The van der Waals surface area contributed by atoms with Crippen molar-refractivity contribution in [1.82, 2.24) is 15.1 Å². The van der Waals surface area contributed by atoms with Crippen LogP contribution in [-0.4, -0.2) is 53.5 Å². The fourth-order valence-corrected chi connectivity index (χ4v) is 4.64. The average molecular weight is 456 g/mol. The van der Waals surface area contributed by atoms with Crippen LogP contribution in [0.15, 0.2) is 48.4 Å². The van der Waals surface area contributed by atoms with Crippen LogP contribution in [0.25, 0.3) is 0 Å². The normalized spacial score (nSPS) is 15.6. The Kier molecular flexibility index (Phi) is 7.61. The van der Waals surface area contributed by atoms with Crippen molar-refractivity contribution < 1.29 is 14.3 Å². The Morgan fingerprint density at radius 3 is 2.66 bits per heavy atom. The van der Waals surface area contributed by atoms with Gasteiger partial charge in [-0.1, -0.05) is 23.8 Å². The van der Waals surface area contributed by atoms with Gasteiger partial charge in [0, 0.05) is 23.5 Å². The summed E-state index contributed by atoms with van der Waals surface area (Å²) in [5.41, 5.74) is 1.92. The van der Waals surface area contributed by atoms with Crippen LogP contribution in [-0.2, 0) is 11.2 Å². The van der Waals surface area contributed by atoms with Crippen LogP contribution in [0, 0.1) is 6.92 Å². The zero-order chi connectivity index (χ0) is 23.3. The summed E-state index contributed by atoms with van der Waals surface area (Å²) >= 11 is 1.72. The largest absolute Gasteiger partial charge is 0.491 e. The molecule has 2 heterocycles. The SMILES string of the molecule is C=CCN(CC(=O)N1CCc2sccc2[C@@H]1COc1ccc(C)cc1)C(=O)NC(C)(C)C. The minimum atomic E-state index is -0.388. The monoisotopic (exact) mass is 455 g/mol. The van der Waals surface area contributed by atoms with E-state index in [-0.39, 0.29) is 30.1 Å². The number of urea groups is 1. The molecule has 0 bridgehead atoms. The van der Waals surface area contributed by atoms with E-state index in [0.717, 1.165) is 17.7 Å². The van der Waals surface area contributed by atoms with E-state index in [1.165, 1.54) is 15.3 Å². The highest BCUT2D eigenvalue weighted by molar-refractivity contribution is 7.10. The van der Waals surface area contributed by atoms with Crippen LogP contribution in [0.4, 0.5) is 4.79 Å². The lowest BCUT2D eigenvalue weighted by Crippen LogP contribution is -2.53. The van der Waals surface area contributed by atoms with Gasteiger partial charge in [-0.3, -0.25) is 4.79 Å². The van der Waals surface area contributed by atoms with Gasteiger partial charge in [-0.15, -0.1) is 17.9 Å². The number of nitrogens with zero attached hydrogens (tertiary/aromatic N) is 2. The summed E-state index contributed by atoms with van der Waals surface area (Å²) in [5, 5.41) is 5.00. The van der Waals surface area contributed by atoms with E-state index in [1.54, 1.807) is 17.4 Å². The number of hydrogen-bond acceptors (Lipinski definition) is 4. The number of hydrogen-bond donors (Lipinski definition) is 1. The van der Waals surface area contributed by atoms with Crippen LogP contribution in [0.1, 0.15) is 42.8 Å². The number of rotatable bonds is 7. The number of ether oxygens (including phenoxy) is 1. The maximum Gasteiger partial charge on any atom is 0.318 e. The molecule has 1 aliphatic rings. The number of carbonyl (C=O) groups is 2. The molecule has 6 nitrogen and oxygen atoms in total. The minimum absolute atomic E-state index is 0.00552. The molecule has 1 N–H and O–H groups in total. The highest BCUT2D eigenvalue weighted by atomic mass is 32.1. The number of aryl methyl sites for hydroxylation is 1. The summed E-state index contributed by atoms with van der Waals surface area (Å²) in [6, 6.07) is 9.53. The molecular formula is C25H33N3O3S. The third-order valence-corrected chi connectivity index (χ3v) is 6.29. The second-order valence-corrected chi connectivity index (χ2v) is 10.1. The predicted octanol–water partition coefficient (Wildman–Crippen LogP) is 4.56. The summed E-state index contributed by atoms with van der Waals surface area (Å²) in [5.74, 6) is 0.688. The first-order valence-electron chi connectivity index (χ1n) is 10.9. The standard InChI is InChI=1S/C25H33N3O3S/c1-6-13-27(24(30)26-25(3,4)5)16-23(29)28-14-11-22-20(12-15-32-22)21(28)17-31-19-9-7-18(2)8-10-19/h6-10,12,15,21H,1,11,13-14,16-17H2,2-5H3,(H,26,30)/t21-/m0/s1. The van der Waals surface area contributed by atoms with Gasteiger partial charge < -0.3 is 19.9 Å². The van der Waals surface area contributed by atoms with Crippen LogP contribution < -0.4 is 10.1 Å². The molecule has 0 fully saturated rings. The molecule has 172 valence electrons. The summed E-state index contributed by atoms with van der Waals surface area (Å²) in [7, 11) is 0. The van der Waals surface area contributed by atoms with Crippen LogP contribution in [0.2, 0.25) is 0 Å². The Morgan fingerprint density at radius 2 is 2.00 bits per heavy atom. The lowest BCUT2D eigenvalue weighted by atomic mass is 10.0. The van der Waals surface area contributed by atoms with Crippen molar-refractivity contribution in [2.75, 3.05) is 26.2 Å². The number of benzene rings is 1. The molecule has 1 aromatic carbocycles. The third-order valence-electron chi connectivity index (χ3n) is 5.29. The van der Waals surface area contributed by atoms with Gasteiger partial charge in [0.1, 0.15) is 18.9 Å². The van der Waals surface area contributed by atoms with Crippen molar-refractivity contribution >= 4 is 23.3 Å². The maximum absolute atomic E-state index is 13.4. The van der Waals surface area contributed by atoms with Crippen molar-refractivity contribution in [2.45, 2.75) is 45.7 Å². The lowest BCUT2D eigenvalue weighted by Gasteiger charge is -2.37. The fourth-order valence-electron chi connectivity index (χ4n) is 3.71. The highest BCUT2D eigenvalue weighted by Crippen LogP contribution is 2.34. The first-order chi connectivity index (χ1) is 15.2. The van der Waals surface area contributed by atoms with Gasteiger partial charge in [0.15, 0.2) is 0 Å². The minimum Gasteiger partial charge on any atom is -0.491 e. The molecule has 7 heteroatoms. The van der Waals surface area contributed by atoms with Gasteiger partial charge in [-0.05, 0) is 63.3 Å². The van der Waals surface area contributed by atoms with E-state index in [4.69, 9.17) is 4.74 Å². The molecule has 0 radical (unpaired) electrons. The van der Waals surface area contributed by atoms with Gasteiger partial charge in [0.2, 0.25) is 5.91 Å². The van der Waals surface area contributed by atoms with Crippen molar-refractivity contribution in [3.8, 4) is 5.75 Å². The fraction of sp³-hybridized carbons (Fsp3) is 0.440.